The predicted octanol–water partition coefficient (Wildman–Crippen LogP) is 4.58. The number of nitrogens with zero attached hydrogens (tertiary/aromatic N) is 2. The van der Waals surface area contributed by atoms with Crippen LogP contribution in [0.3, 0.4) is 0 Å². The van der Waals surface area contributed by atoms with Gasteiger partial charge >= 0.3 is 0 Å². The van der Waals surface area contributed by atoms with Gasteiger partial charge in [-0.25, -0.2) is 0 Å². The van der Waals surface area contributed by atoms with Crippen molar-refractivity contribution in [2.45, 2.75) is 0 Å². The van der Waals surface area contributed by atoms with Crippen LogP contribution in [0.1, 0.15) is 0 Å². The summed E-state index contributed by atoms with van der Waals surface area (Å²) in [6.45, 7) is 0. The van der Waals surface area contributed by atoms with E-state index in [0.29, 0.717) is 0 Å². The van der Waals surface area contributed by atoms with Crippen LogP contribution in [0, 0.1) is 7.14 Å². The summed E-state index contributed by atoms with van der Waals surface area (Å²) in [5, 5.41) is 4.80. The summed E-state index contributed by atoms with van der Waals surface area (Å²) in [7, 11) is 0. The molecular weight excluding hydrogens is 450 g/mol. The van der Waals surface area contributed by atoms with Crippen LogP contribution < -0.4 is 0 Å². The summed E-state index contributed by atoms with van der Waals surface area (Å²) >= 11 is 4.65. The van der Waals surface area contributed by atoms with Crippen molar-refractivity contribution in [3.05, 3.63) is 43.8 Å². The van der Waals surface area contributed by atoms with E-state index in [9.17, 15) is 0 Å². The van der Waals surface area contributed by atoms with Crippen molar-refractivity contribution in [2.24, 2.45) is 0 Å². The summed E-state index contributed by atoms with van der Waals surface area (Å²) < 4.78 is 2.39. The van der Waals surface area contributed by atoms with Gasteiger partial charge in [-0.3, -0.25) is 9.97 Å². The van der Waals surface area contributed by atoms with Crippen LogP contribution in [0.4, 0.5) is 0 Å². The predicted molar refractivity (Wildman–Crippen MR) is 91.2 cm³/mol. The lowest BCUT2D eigenvalue weighted by Gasteiger charge is -2.10. The summed E-state index contributed by atoms with van der Waals surface area (Å²) in [4.78, 5) is 9.15. The van der Waals surface area contributed by atoms with Crippen molar-refractivity contribution in [1.29, 1.82) is 0 Å². The molecule has 0 aliphatic heterocycles. The van der Waals surface area contributed by atoms with Gasteiger partial charge in [0.15, 0.2) is 0 Å². The second kappa shape index (κ2) is 3.86. The summed E-state index contributed by atoms with van der Waals surface area (Å²) in [5.41, 5.74) is 2.11. The molecule has 0 unspecified atom stereocenters. The first-order valence-electron chi connectivity index (χ1n) is 5.48. The van der Waals surface area contributed by atoms with Gasteiger partial charge in [-0.1, -0.05) is 0 Å². The smallest absolute Gasteiger partial charge is 0.0726 e. The maximum atomic E-state index is 4.58. The first kappa shape index (κ1) is 11.1. The quantitative estimate of drug-likeness (QED) is 0.286. The van der Waals surface area contributed by atoms with Crippen LogP contribution in [-0.4, -0.2) is 9.97 Å². The van der Waals surface area contributed by atoms with E-state index >= 15 is 0 Å². The fourth-order valence-corrected chi connectivity index (χ4v) is 3.72. The number of halogens is 2. The zero-order valence-corrected chi connectivity index (χ0v) is 13.4. The van der Waals surface area contributed by atoms with E-state index < -0.39 is 0 Å². The van der Waals surface area contributed by atoms with Crippen LogP contribution in [0.2, 0.25) is 0 Å². The Labute approximate surface area is 130 Å². The fourth-order valence-electron chi connectivity index (χ4n) is 2.46. The van der Waals surface area contributed by atoms with Crippen LogP contribution in [0.15, 0.2) is 36.7 Å². The average Bonchev–Trinajstić information content (AvgIpc) is 2.34. The van der Waals surface area contributed by atoms with Crippen LogP contribution in [0.5, 0.6) is 0 Å². The molecule has 4 rings (SSSR count). The summed E-state index contributed by atoms with van der Waals surface area (Å²) in [5.74, 6) is 0. The summed E-state index contributed by atoms with van der Waals surface area (Å²) in [6, 6.07) is 8.57. The van der Waals surface area contributed by atoms with Crippen LogP contribution >= 0.6 is 45.2 Å². The molecule has 2 heterocycles. The molecule has 18 heavy (non-hydrogen) atoms. The zero-order valence-electron chi connectivity index (χ0n) is 9.11. The number of hydrogen-bond acceptors (Lipinski definition) is 2. The van der Waals surface area contributed by atoms with E-state index in [2.05, 4.69) is 79.4 Å². The van der Waals surface area contributed by atoms with Gasteiger partial charge in [0.25, 0.3) is 0 Å². The van der Waals surface area contributed by atoms with Gasteiger partial charge in [0, 0.05) is 41.1 Å². The highest BCUT2D eigenvalue weighted by Crippen LogP contribution is 2.33. The van der Waals surface area contributed by atoms with E-state index in [0.717, 1.165) is 11.0 Å². The van der Waals surface area contributed by atoms with Gasteiger partial charge in [-0.15, -0.1) is 0 Å². The molecule has 0 saturated heterocycles. The first-order valence-corrected chi connectivity index (χ1v) is 7.64. The fraction of sp³-hybridized carbons (Fsp3) is 0. The SMILES string of the molecule is Ic1cc2cnc3cc(I)cc4cnc(c1)c2c43. The average molecular weight is 456 g/mol. The van der Waals surface area contributed by atoms with E-state index in [1.165, 1.54) is 28.7 Å². The molecule has 0 fully saturated rings. The van der Waals surface area contributed by atoms with Gasteiger partial charge in [0.2, 0.25) is 0 Å². The van der Waals surface area contributed by atoms with E-state index in [4.69, 9.17) is 0 Å². The lowest BCUT2D eigenvalue weighted by Crippen LogP contribution is -1.90. The Hall–Kier alpha value is -0.760. The van der Waals surface area contributed by atoms with Crippen molar-refractivity contribution in [3.8, 4) is 0 Å². The largest absolute Gasteiger partial charge is 0.256 e. The Morgan fingerprint density at radius 1 is 0.667 bits per heavy atom. The second-order valence-corrected chi connectivity index (χ2v) is 6.79. The third-order valence-corrected chi connectivity index (χ3v) is 4.41. The molecule has 0 bridgehead atoms. The maximum Gasteiger partial charge on any atom is 0.0726 e. The van der Waals surface area contributed by atoms with E-state index in [1.54, 1.807) is 0 Å². The van der Waals surface area contributed by atoms with E-state index in [1.807, 2.05) is 12.4 Å². The van der Waals surface area contributed by atoms with Crippen molar-refractivity contribution >= 4 is 77.8 Å². The highest BCUT2D eigenvalue weighted by atomic mass is 127. The minimum absolute atomic E-state index is 1.05. The molecule has 4 heteroatoms. The van der Waals surface area contributed by atoms with Crippen LogP contribution in [-0.2, 0) is 0 Å². The molecule has 0 aliphatic rings. The Balaban J connectivity index is 2.41. The van der Waals surface area contributed by atoms with Crippen molar-refractivity contribution in [2.75, 3.05) is 0 Å². The molecule has 0 spiro atoms. The van der Waals surface area contributed by atoms with E-state index in [-0.39, 0.29) is 0 Å². The Morgan fingerprint density at radius 2 is 1.11 bits per heavy atom. The molecule has 0 N–H and O–H groups in total. The van der Waals surface area contributed by atoms with Crippen LogP contribution in [0.25, 0.3) is 32.6 Å². The van der Waals surface area contributed by atoms with Gasteiger partial charge in [0.1, 0.15) is 0 Å². The van der Waals surface area contributed by atoms with Gasteiger partial charge in [-0.2, -0.15) is 0 Å². The molecule has 2 nitrogen and oxygen atoms in total. The molecule has 2 aromatic heterocycles. The van der Waals surface area contributed by atoms with Crippen molar-refractivity contribution < 1.29 is 0 Å². The van der Waals surface area contributed by atoms with Crippen molar-refractivity contribution in [3.63, 3.8) is 0 Å². The number of benzene rings is 2. The standard InChI is InChI=1S/C14H6I2N2/c15-9-1-7-5-17-12-4-10(16)2-8-6-18-11(3-9)13(7)14(8)12/h1-6H. The molecule has 0 saturated carbocycles. The Kier molecular flexibility index (Phi) is 2.38. The molecule has 0 amide bonds. The molecule has 4 aromatic rings. The zero-order chi connectivity index (χ0) is 12.3. The molecule has 0 atom stereocenters. The minimum atomic E-state index is 1.05. The highest BCUT2D eigenvalue weighted by Gasteiger charge is 2.11. The van der Waals surface area contributed by atoms with Crippen molar-refractivity contribution in [1.82, 2.24) is 9.97 Å². The van der Waals surface area contributed by atoms with Gasteiger partial charge in [0.05, 0.1) is 11.0 Å². The molecule has 2 aromatic carbocycles. The Bertz CT molecular complexity index is 760. The third kappa shape index (κ3) is 1.51. The molecule has 0 radical (unpaired) electrons. The molecular formula is C14H6I2N2. The topological polar surface area (TPSA) is 25.8 Å². The van der Waals surface area contributed by atoms with Gasteiger partial charge in [-0.05, 0) is 69.4 Å². The normalized spacial score (nSPS) is 11.9. The highest BCUT2D eigenvalue weighted by molar-refractivity contribution is 14.1. The summed E-state index contributed by atoms with van der Waals surface area (Å²) in [6.07, 6.45) is 3.90. The number of hydrogen-bond donors (Lipinski definition) is 0. The number of rotatable bonds is 0. The Morgan fingerprint density at radius 3 is 1.56 bits per heavy atom. The minimum Gasteiger partial charge on any atom is -0.256 e. The first-order chi connectivity index (χ1) is 8.72. The third-order valence-electron chi connectivity index (χ3n) is 3.16. The number of pyridine rings is 2. The lowest BCUT2D eigenvalue weighted by atomic mass is 10.0. The second-order valence-electron chi connectivity index (χ2n) is 4.29. The van der Waals surface area contributed by atoms with Gasteiger partial charge < -0.3 is 0 Å². The molecule has 86 valence electrons. The number of aromatic nitrogens is 2. The maximum absolute atomic E-state index is 4.58. The lowest BCUT2D eigenvalue weighted by molar-refractivity contribution is 1.40. The monoisotopic (exact) mass is 456 g/mol. The molecule has 0 aliphatic carbocycles.